The molecule has 0 fully saturated rings. The van der Waals surface area contributed by atoms with E-state index in [-0.39, 0.29) is 31.1 Å². The van der Waals surface area contributed by atoms with Crippen molar-refractivity contribution in [1.82, 2.24) is 0 Å². The van der Waals surface area contributed by atoms with E-state index >= 15 is 0 Å². The van der Waals surface area contributed by atoms with Crippen LogP contribution in [-0.2, 0) is 28.6 Å². The summed E-state index contributed by atoms with van der Waals surface area (Å²) in [6.07, 6.45) is 69.6. The second-order valence-electron chi connectivity index (χ2n) is 17.4. The Hall–Kier alpha value is -3.67. The van der Waals surface area contributed by atoms with E-state index < -0.39 is 6.10 Å². The lowest BCUT2D eigenvalue weighted by atomic mass is 10.0. The molecule has 370 valence electrons. The molecular weight excluding hydrogens is 805 g/mol. The molecule has 0 radical (unpaired) electrons. The van der Waals surface area contributed by atoms with Gasteiger partial charge in [0.1, 0.15) is 13.2 Å². The lowest BCUT2D eigenvalue weighted by molar-refractivity contribution is -0.167. The second-order valence-corrected chi connectivity index (χ2v) is 17.4. The van der Waals surface area contributed by atoms with Crippen molar-refractivity contribution in [2.75, 3.05) is 13.2 Å². The van der Waals surface area contributed by atoms with Crippen LogP contribution in [0.4, 0.5) is 0 Å². The molecule has 0 spiro atoms. The van der Waals surface area contributed by atoms with E-state index in [1.165, 1.54) is 64.2 Å². The van der Waals surface area contributed by atoms with E-state index in [9.17, 15) is 14.4 Å². The van der Waals surface area contributed by atoms with Crippen LogP contribution in [0.3, 0.4) is 0 Å². The van der Waals surface area contributed by atoms with E-state index in [1.807, 2.05) is 0 Å². The molecule has 0 N–H and O–H groups in total. The van der Waals surface area contributed by atoms with Crippen molar-refractivity contribution in [3.63, 3.8) is 0 Å². The first kappa shape index (κ1) is 61.3. The van der Waals surface area contributed by atoms with Gasteiger partial charge in [0.05, 0.1) is 0 Å². The summed E-state index contributed by atoms with van der Waals surface area (Å²) in [6, 6.07) is 0. The van der Waals surface area contributed by atoms with Crippen molar-refractivity contribution in [2.24, 2.45) is 0 Å². The van der Waals surface area contributed by atoms with Crippen molar-refractivity contribution in [1.29, 1.82) is 0 Å². The van der Waals surface area contributed by atoms with Crippen molar-refractivity contribution >= 4 is 17.9 Å². The fraction of sp³-hybridized carbons (Fsp3) is 0.678. The van der Waals surface area contributed by atoms with Crippen LogP contribution in [0.2, 0.25) is 0 Å². The number of unbranched alkanes of at least 4 members (excludes halogenated alkanes) is 20. The normalized spacial score (nSPS) is 12.8. The van der Waals surface area contributed by atoms with Crippen molar-refractivity contribution in [2.45, 2.75) is 245 Å². The van der Waals surface area contributed by atoms with Crippen LogP contribution >= 0.6 is 0 Å². The first-order chi connectivity index (χ1) is 32.0. The molecule has 0 rings (SSSR count). The van der Waals surface area contributed by atoms with Crippen molar-refractivity contribution in [3.05, 3.63) is 97.2 Å². The molecule has 65 heavy (non-hydrogen) atoms. The Labute approximate surface area is 400 Å². The molecule has 6 nitrogen and oxygen atoms in total. The number of carbonyl (C=O) groups is 3. The number of hydrogen-bond acceptors (Lipinski definition) is 6. The second kappa shape index (κ2) is 52.9. The molecule has 1 unspecified atom stereocenters. The van der Waals surface area contributed by atoms with Gasteiger partial charge in [0, 0.05) is 19.3 Å². The van der Waals surface area contributed by atoms with E-state index in [4.69, 9.17) is 14.2 Å². The van der Waals surface area contributed by atoms with Gasteiger partial charge in [0.15, 0.2) is 6.10 Å². The summed E-state index contributed by atoms with van der Waals surface area (Å²) < 4.78 is 16.8. The summed E-state index contributed by atoms with van der Waals surface area (Å²) >= 11 is 0. The van der Waals surface area contributed by atoms with E-state index in [0.29, 0.717) is 19.3 Å². The Kier molecular flexibility index (Phi) is 50.0. The summed E-state index contributed by atoms with van der Waals surface area (Å²) in [5.41, 5.74) is 0. The van der Waals surface area contributed by atoms with Gasteiger partial charge in [-0.3, -0.25) is 14.4 Å². The minimum atomic E-state index is -0.799. The third kappa shape index (κ3) is 51.2. The summed E-state index contributed by atoms with van der Waals surface area (Å²) in [4.78, 5) is 38.0. The molecule has 0 saturated carbocycles. The predicted octanol–water partition coefficient (Wildman–Crippen LogP) is 17.8. The van der Waals surface area contributed by atoms with Crippen molar-refractivity contribution in [3.8, 4) is 0 Å². The lowest BCUT2D eigenvalue weighted by Gasteiger charge is -2.18. The molecule has 0 aliphatic rings. The first-order valence-corrected chi connectivity index (χ1v) is 26.7. The molecular formula is C59H98O6. The predicted molar refractivity (Wildman–Crippen MR) is 279 cm³/mol. The SMILES string of the molecule is CC/C=C\C/C=C\C/C=C\C/C=C\C/C=C\CCCCCC(=O)OCC(COC(=O)CCCCCCCCCCCCCCC)OC(=O)CCCCCCC/C=C\C/C=C\C/C=C\CC. The van der Waals surface area contributed by atoms with Gasteiger partial charge in [-0.25, -0.2) is 0 Å². The number of esters is 3. The Bertz CT molecular complexity index is 1310. The molecule has 0 aromatic carbocycles. The van der Waals surface area contributed by atoms with Gasteiger partial charge in [0.25, 0.3) is 0 Å². The van der Waals surface area contributed by atoms with Gasteiger partial charge in [-0.15, -0.1) is 0 Å². The Morgan fingerprint density at radius 2 is 0.600 bits per heavy atom. The third-order valence-electron chi connectivity index (χ3n) is 11.1. The van der Waals surface area contributed by atoms with Crippen LogP contribution in [0.5, 0.6) is 0 Å². The smallest absolute Gasteiger partial charge is 0.306 e. The fourth-order valence-electron chi connectivity index (χ4n) is 7.13. The van der Waals surface area contributed by atoms with Crippen LogP contribution in [0, 0.1) is 0 Å². The topological polar surface area (TPSA) is 78.9 Å². The van der Waals surface area contributed by atoms with E-state index in [1.54, 1.807) is 0 Å². The molecule has 0 saturated heterocycles. The van der Waals surface area contributed by atoms with Crippen LogP contribution in [0.15, 0.2) is 97.2 Å². The highest BCUT2D eigenvalue weighted by atomic mass is 16.6. The van der Waals surface area contributed by atoms with Crippen LogP contribution < -0.4 is 0 Å². The largest absolute Gasteiger partial charge is 0.462 e. The van der Waals surface area contributed by atoms with E-state index in [2.05, 4.69) is 118 Å². The Balaban J connectivity index is 4.47. The van der Waals surface area contributed by atoms with E-state index in [0.717, 1.165) is 135 Å². The van der Waals surface area contributed by atoms with Crippen LogP contribution in [-0.4, -0.2) is 37.2 Å². The van der Waals surface area contributed by atoms with Gasteiger partial charge in [-0.1, -0.05) is 221 Å². The number of rotatable bonds is 47. The monoisotopic (exact) mass is 903 g/mol. The van der Waals surface area contributed by atoms with Gasteiger partial charge in [-0.2, -0.15) is 0 Å². The minimum absolute atomic E-state index is 0.0945. The van der Waals surface area contributed by atoms with Crippen molar-refractivity contribution < 1.29 is 28.6 Å². The fourth-order valence-corrected chi connectivity index (χ4v) is 7.13. The quantitative estimate of drug-likeness (QED) is 0.0262. The zero-order valence-electron chi connectivity index (χ0n) is 42.2. The number of carbonyl (C=O) groups excluding carboxylic acids is 3. The van der Waals surface area contributed by atoms with Gasteiger partial charge in [-0.05, 0) is 96.3 Å². The Morgan fingerprint density at radius 3 is 0.954 bits per heavy atom. The zero-order chi connectivity index (χ0) is 47.2. The maximum absolute atomic E-state index is 12.8. The highest BCUT2D eigenvalue weighted by Gasteiger charge is 2.19. The maximum atomic E-state index is 12.8. The molecule has 0 heterocycles. The molecule has 1 atom stereocenters. The number of hydrogen-bond donors (Lipinski definition) is 0. The summed E-state index contributed by atoms with van der Waals surface area (Å²) in [6.45, 7) is 6.37. The molecule has 0 aromatic heterocycles. The lowest BCUT2D eigenvalue weighted by Crippen LogP contribution is -2.30. The van der Waals surface area contributed by atoms with Gasteiger partial charge in [0.2, 0.25) is 0 Å². The minimum Gasteiger partial charge on any atom is -0.462 e. The number of ether oxygens (including phenoxy) is 3. The molecule has 0 aliphatic carbocycles. The third-order valence-corrected chi connectivity index (χ3v) is 11.1. The van der Waals surface area contributed by atoms with Gasteiger partial charge < -0.3 is 14.2 Å². The average molecular weight is 903 g/mol. The molecule has 0 aromatic rings. The van der Waals surface area contributed by atoms with Crippen LogP contribution in [0.1, 0.15) is 239 Å². The molecule has 0 aliphatic heterocycles. The summed E-state index contributed by atoms with van der Waals surface area (Å²) in [5.74, 6) is -0.945. The molecule has 0 amide bonds. The Morgan fingerprint density at radius 1 is 0.323 bits per heavy atom. The highest BCUT2D eigenvalue weighted by Crippen LogP contribution is 2.14. The highest BCUT2D eigenvalue weighted by molar-refractivity contribution is 5.71. The summed E-state index contributed by atoms with van der Waals surface area (Å²) in [5, 5.41) is 0. The standard InChI is InChI=1S/C59H98O6/c1-4-7-10-13-16-19-22-25-27-28-29-30-32-34-37-40-43-46-49-52-58(61)64-55-56(54-63-57(60)51-48-45-42-39-36-33-24-21-18-15-12-9-6-3)65-59(62)53-50-47-44-41-38-35-31-26-23-20-17-14-11-8-5-2/h7-8,10-11,16-17,19-20,25-27,29-31,34,37,56H,4-6,9,12-15,18,21-24,28,32-33,35-36,38-55H2,1-3H3/b10-7-,11-8-,19-16-,20-17-,27-25-,30-29-,31-26-,37-34-. The number of allylic oxidation sites excluding steroid dienone is 16. The zero-order valence-corrected chi connectivity index (χ0v) is 42.2. The van der Waals surface area contributed by atoms with Gasteiger partial charge >= 0.3 is 17.9 Å². The molecule has 0 bridgehead atoms. The van der Waals surface area contributed by atoms with Crippen LogP contribution in [0.25, 0.3) is 0 Å². The average Bonchev–Trinajstić information content (AvgIpc) is 3.30. The first-order valence-electron chi connectivity index (χ1n) is 26.7. The maximum Gasteiger partial charge on any atom is 0.306 e. The molecule has 6 heteroatoms. The summed E-state index contributed by atoms with van der Waals surface area (Å²) in [7, 11) is 0.